The number of nitrogens with two attached hydrogens (primary N) is 1. The van der Waals surface area contributed by atoms with Crippen molar-refractivity contribution in [2.24, 2.45) is 5.73 Å². The summed E-state index contributed by atoms with van der Waals surface area (Å²) in [6.07, 6.45) is 1.38. The van der Waals surface area contributed by atoms with Crippen molar-refractivity contribution in [2.45, 2.75) is 0 Å². The molecule has 1 aromatic rings. The summed E-state index contributed by atoms with van der Waals surface area (Å²) in [6.45, 7) is -0.229. The van der Waals surface area contributed by atoms with E-state index in [0.29, 0.717) is 0 Å². The zero-order valence-electron chi connectivity index (χ0n) is 7.06. The molecule has 0 fully saturated rings. The number of urea groups is 1. The van der Waals surface area contributed by atoms with Crippen LogP contribution in [0.25, 0.3) is 0 Å². The van der Waals surface area contributed by atoms with Crippen LogP contribution >= 0.6 is 0 Å². The molecule has 71 valence electrons. The maximum absolute atomic E-state index is 11.3. The number of aromatic nitrogens is 1. The summed E-state index contributed by atoms with van der Waals surface area (Å²) >= 11 is 0. The molecule has 14 heavy (non-hydrogen) atoms. The number of primary amides is 1. The maximum atomic E-state index is 11.3. The van der Waals surface area contributed by atoms with Gasteiger partial charge in [-0.05, 0) is 6.07 Å². The van der Waals surface area contributed by atoms with Crippen molar-refractivity contribution >= 4 is 17.6 Å². The third-order valence-electron chi connectivity index (χ3n) is 1.74. The SMILES string of the molecule is NC(=O)N1C(=O)COc2nc[c]cc21. The molecule has 1 aromatic heterocycles. The van der Waals surface area contributed by atoms with E-state index < -0.39 is 11.9 Å². The van der Waals surface area contributed by atoms with E-state index in [9.17, 15) is 9.59 Å². The molecule has 0 aliphatic carbocycles. The highest BCUT2D eigenvalue weighted by molar-refractivity contribution is 6.15. The Morgan fingerprint density at radius 1 is 1.71 bits per heavy atom. The van der Waals surface area contributed by atoms with Crippen molar-refractivity contribution in [1.29, 1.82) is 0 Å². The first-order valence-electron chi connectivity index (χ1n) is 3.81. The molecule has 0 saturated carbocycles. The molecule has 6 nitrogen and oxygen atoms in total. The second kappa shape index (κ2) is 2.99. The van der Waals surface area contributed by atoms with Crippen molar-refractivity contribution in [3.63, 3.8) is 0 Å². The van der Waals surface area contributed by atoms with Crippen LogP contribution in [0.3, 0.4) is 0 Å². The largest absolute Gasteiger partial charge is 0.466 e. The molecule has 0 atom stereocenters. The number of ether oxygens (including phenoxy) is 1. The summed E-state index contributed by atoms with van der Waals surface area (Å²) in [4.78, 5) is 26.8. The fraction of sp³-hybridized carbons (Fsp3) is 0.125. The van der Waals surface area contributed by atoms with E-state index in [1.165, 1.54) is 12.3 Å². The minimum Gasteiger partial charge on any atom is -0.466 e. The van der Waals surface area contributed by atoms with Crippen LogP contribution in [0.15, 0.2) is 12.3 Å². The molecule has 1 aliphatic rings. The summed E-state index contributed by atoms with van der Waals surface area (Å²) in [5.74, 6) is -0.298. The quantitative estimate of drug-likeness (QED) is 0.610. The molecule has 0 saturated heterocycles. The molecule has 0 unspecified atom stereocenters. The first kappa shape index (κ1) is 8.49. The Hall–Kier alpha value is -2.11. The monoisotopic (exact) mass is 192 g/mol. The highest BCUT2D eigenvalue weighted by Crippen LogP contribution is 2.28. The lowest BCUT2D eigenvalue weighted by molar-refractivity contribution is -0.120. The van der Waals surface area contributed by atoms with Gasteiger partial charge in [-0.2, -0.15) is 0 Å². The van der Waals surface area contributed by atoms with Crippen LogP contribution in [0.1, 0.15) is 0 Å². The van der Waals surface area contributed by atoms with Gasteiger partial charge >= 0.3 is 6.03 Å². The average Bonchev–Trinajstić information content (AvgIpc) is 2.17. The second-order valence-electron chi connectivity index (χ2n) is 2.62. The first-order chi connectivity index (χ1) is 6.70. The number of carbonyl (C=O) groups excluding carboxylic acids is 2. The van der Waals surface area contributed by atoms with Gasteiger partial charge < -0.3 is 10.5 Å². The lowest BCUT2D eigenvalue weighted by Gasteiger charge is -2.24. The number of rotatable bonds is 0. The number of fused-ring (bicyclic) bond motifs is 1. The van der Waals surface area contributed by atoms with Crippen molar-refractivity contribution in [2.75, 3.05) is 11.5 Å². The van der Waals surface area contributed by atoms with Crippen LogP contribution < -0.4 is 15.4 Å². The van der Waals surface area contributed by atoms with Crippen LogP contribution in [0.5, 0.6) is 5.88 Å². The van der Waals surface area contributed by atoms with Gasteiger partial charge in [-0.1, -0.05) is 0 Å². The predicted octanol–water partition coefficient (Wildman–Crippen LogP) is -0.314. The Labute approximate surface area is 79.3 Å². The van der Waals surface area contributed by atoms with Crippen molar-refractivity contribution in [3.05, 3.63) is 18.3 Å². The molecule has 0 spiro atoms. The Morgan fingerprint density at radius 2 is 2.50 bits per heavy atom. The highest BCUT2D eigenvalue weighted by Gasteiger charge is 2.29. The van der Waals surface area contributed by atoms with Crippen LogP contribution in [0.4, 0.5) is 10.5 Å². The van der Waals surface area contributed by atoms with Gasteiger partial charge in [-0.3, -0.25) is 4.79 Å². The number of amides is 3. The van der Waals surface area contributed by atoms with Crippen LogP contribution in [0, 0.1) is 6.07 Å². The molecule has 2 rings (SSSR count). The Balaban J connectivity index is 2.51. The molecule has 3 amide bonds. The lowest BCUT2D eigenvalue weighted by atomic mass is 10.3. The highest BCUT2D eigenvalue weighted by atomic mass is 16.5. The summed E-state index contributed by atoms with van der Waals surface area (Å²) < 4.78 is 4.99. The standard InChI is InChI=1S/C8H6N3O3/c9-8(13)11-5-2-1-3-10-7(5)14-4-6(11)12/h2-3H,4H2,(H2,9,13). The molecule has 1 aliphatic heterocycles. The van der Waals surface area contributed by atoms with Gasteiger partial charge in [0.2, 0.25) is 5.88 Å². The van der Waals surface area contributed by atoms with E-state index in [-0.39, 0.29) is 18.2 Å². The summed E-state index contributed by atoms with van der Waals surface area (Å²) in [7, 11) is 0. The van der Waals surface area contributed by atoms with Gasteiger partial charge in [0, 0.05) is 12.3 Å². The van der Waals surface area contributed by atoms with Crippen molar-refractivity contribution in [1.82, 2.24) is 4.98 Å². The van der Waals surface area contributed by atoms with Gasteiger partial charge in [-0.25, -0.2) is 14.7 Å². The van der Waals surface area contributed by atoms with Gasteiger partial charge in [0.15, 0.2) is 6.61 Å². The fourth-order valence-electron chi connectivity index (χ4n) is 1.18. The van der Waals surface area contributed by atoms with E-state index in [2.05, 4.69) is 11.1 Å². The Kier molecular flexibility index (Phi) is 1.81. The molecule has 0 aromatic carbocycles. The molecule has 0 bridgehead atoms. The smallest absolute Gasteiger partial charge is 0.326 e. The Bertz CT molecular complexity index is 405. The van der Waals surface area contributed by atoms with E-state index >= 15 is 0 Å². The van der Waals surface area contributed by atoms with E-state index in [1.54, 1.807) is 0 Å². The number of hydrogen-bond acceptors (Lipinski definition) is 4. The molecule has 2 N–H and O–H groups in total. The minimum absolute atomic E-state index is 0.210. The van der Waals surface area contributed by atoms with E-state index in [1.807, 2.05) is 0 Å². The third kappa shape index (κ3) is 1.17. The predicted molar refractivity (Wildman–Crippen MR) is 45.6 cm³/mol. The first-order valence-corrected chi connectivity index (χ1v) is 3.81. The number of pyridine rings is 1. The third-order valence-corrected chi connectivity index (χ3v) is 1.74. The van der Waals surface area contributed by atoms with Gasteiger partial charge in [-0.15, -0.1) is 0 Å². The normalized spacial score (nSPS) is 14.6. The fourth-order valence-corrected chi connectivity index (χ4v) is 1.18. The number of imide groups is 1. The topological polar surface area (TPSA) is 85.5 Å². The molecule has 2 heterocycles. The van der Waals surface area contributed by atoms with Crippen LogP contribution in [-0.4, -0.2) is 23.5 Å². The molecular weight excluding hydrogens is 186 g/mol. The maximum Gasteiger partial charge on any atom is 0.326 e. The summed E-state index contributed by atoms with van der Waals surface area (Å²) in [6, 6.07) is 3.21. The number of anilines is 1. The van der Waals surface area contributed by atoms with Gasteiger partial charge in [0.25, 0.3) is 5.91 Å². The zero-order chi connectivity index (χ0) is 10.1. The molecule has 1 radical (unpaired) electrons. The zero-order valence-corrected chi connectivity index (χ0v) is 7.06. The van der Waals surface area contributed by atoms with E-state index in [0.717, 1.165) is 4.90 Å². The average molecular weight is 192 g/mol. The van der Waals surface area contributed by atoms with Crippen molar-refractivity contribution in [3.8, 4) is 5.88 Å². The van der Waals surface area contributed by atoms with Gasteiger partial charge in [0.05, 0.1) is 0 Å². The molecule has 6 heteroatoms. The lowest BCUT2D eigenvalue weighted by Crippen LogP contribution is -2.46. The second-order valence-corrected chi connectivity index (χ2v) is 2.62. The number of hydrogen-bond donors (Lipinski definition) is 1. The van der Waals surface area contributed by atoms with Crippen molar-refractivity contribution < 1.29 is 14.3 Å². The summed E-state index contributed by atoms with van der Waals surface area (Å²) in [5.41, 5.74) is 5.27. The summed E-state index contributed by atoms with van der Waals surface area (Å²) in [5, 5.41) is 0. The van der Waals surface area contributed by atoms with Gasteiger partial charge in [0.1, 0.15) is 5.69 Å². The van der Waals surface area contributed by atoms with E-state index in [4.69, 9.17) is 10.5 Å². The number of carbonyl (C=O) groups is 2. The van der Waals surface area contributed by atoms with Crippen LogP contribution in [0.2, 0.25) is 0 Å². The minimum atomic E-state index is -0.846. The number of nitrogens with zero attached hydrogens (tertiary/aromatic N) is 2. The Morgan fingerprint density at radius 3 is 3.21 bits per heavy atom. The van der Waals surface area contributed by atoms with Crippen LogP contribution in [-0.2, 0) is 4.79 Å². The molecular formula is C8H6N3O3.